The maximum Gasteiger partial charge on any atom is 0.122 e. The average Bonchev–Trinajstić information content (AvgIpc) is 2.26. The zero-order chi connectivity index (χ0) is 10.2. The molecule has 0 bridgehead atoms. The van der Waals surface area contributed by atoms with Crippen molar-refractivity contribution in [2.24, 2.45) is 5.92 Å². The molecule has 1 saturated heterocycles. The van der Waals surface area contributed by atoms with Crippen molar-refractivity contribution in [1.29, 1.82) is 0 Å². The van der Waals surface area contributed by atoms with Crippen LogP contribution in [-0.2, 0) is 0 Å². The van der Waals surface area contributed by atoms with E-state index in [1.54, 1.807) is 6.92 Å². The summed E-state index contributed by atoms with van der Waals surface area (Å²) >= 11 is 0. The van der Waals surface area contributed by atoms with E-state index in [9.17, 15) is 4.39 Å². The third-order valence-electron chi connectivity index (χ3n) is 3.01. The predicted molar refractivity (Wildman–Crippen MR) is 54.6 cm³/mol. The molecule has 1 heterocycles. The summed E-state index contributed by atoms with van der Waals surface area (Å²) in [5.74, 6) is 0.556. The van der Waals surface area contributed by atoms with Crippen LogP contribution >= 0.6 is 0 Å². The van der Waals surface area contributed by atoms with Crippen molar-refractivity contribution in [3.63, 3.8) is 0 Å². The molecule has 13 heavy (non-hydrogen) atoms. The first-order valence-corrected chi connectivity index (χ1v) is 5.28. The van der Waals surface area contributed by atoms with E-state index >= 15 is 0 Å². The number of hydrogen-bond donors (Lipinski definition) is 0. The summed E-state index contributed by atoms with van der Waals surface area (Å²) in [5, 5.41) is 0. The lowest BCUT2D eigenvalue weighted by atomic mass is 9.97. The first kappa shape index (κ1) is 11.0. The van der Waals surface area contributed by atoms with Crippen LogP contribution in [-0.4, -0.2) is 29.2 Å². The molecule has 1 rings (SSSR count). The molecule has 2 unspecified atom stereocenters. The topological polar surface area (TPSA) is 3.24 Å². The van der Waals surface area contributed by atoms with E-state index < -0.39 is 5.67 Å². The van der Waals surface area contributed by atoms with Crippen LogP contribution in [0, 0.1) is 5.92 Å². The summed E-state index contributed by atoms with van der Waals surface area (Å²) in [6, 6.07) is 0.889. The predicted octanol–water partition coefficient (Wildman–Crippen LogP) is 2.85. The standard InChI is InChI=1S/C11H22FN/c1-8(2)10-6-11(5,12)7-13(10)9(3)4/h8-10H,6-7H2,1-5H3. The Labute approximate surface area is 81.3 Å². The van der Waals surface area contributed by atoms with Crippen molar-refractivity contribution >= 4 is 0 Å². The van der Waals surface area contributed by atoms with Crippen LogP contribution in [0.1, 0.15) is 41.0 Å². The van der Waals surface area contributed by atoms with Crippen molar-refractivity contribution in [2.75, 3.05) is 6.54 Å². The molecule has 1 aliphatic rings. The summed E-state index contributed by atoms with van der Waals surface area (Å²) in [7, 11) is 0. The minimum absolute atomic E-state index is 0.426. The summed E-state index contributed by atoms with van der Waals surface area (Å²) in [5.41, 5.74) is -0.973. The van der Waals surface area contributed by atoms with Crippen LogP contribution in [0.5, 0.6) is 0 Å². The molecule has 0 aromatic heterocycles. The first-order chi connectivity index (χ1) is 5.83. The second kappa shape index (κ2) is 3.56. The molecule has 2 atom stereocenters. The summed E-state index contributed by atoms with van der Waals surface area (Å²) < 4.78 is 13.8. The van der Waals surface area contributed by atoms with Gasteiger partial charge in [-0.05, 0) is 33.1 Å². The largest absolute Gasteiger partial charge is 0.294 e. The van der Waals surface area contributed by atoms with E-state index in [2.05, 4.69) is 32.6 Å². The van der Waals surface area contributed by atoms with E-state index in [1.807, 2.05) is 0 Å². The van der Waals surface area contributed by atoms with Crippen molar-refractivity contribution in [1.82, 2.24) is 4.90 Å². The normalized spacial score (nSPS) is 36.5. The van der Waals surface area contributed by atoms with Gasteiger partial charge in [0.25, 0.3) is 0 Å². The molecule has 0 spiro atoms. The van der Waals surface area contributed by atoms with Gasteiger partial charge in [0.1, 0.15) is 5.67 Å². The van der Waals surface area contributed by atoms with Crippen LogP contribution in [0.25, 0.3) is 0 Å². The lowest BCUT2D eigenvalue weighted by molar-refractivity contribution is 0.149. The fourth-order valence-corrected chi connectivity index (χ4v) is 2.30. The Morgan fingerprint density at radius 3 is 2.15 bits per heavy atom. The van der Waals surface area contributed by atoms with Gasteiger partial charge < -0.3 is 0 Å². The minimum Gasteiger partial charge on any atom is -0.294 e. The molecule has 0 N–H and O–H groups in total. The van der Waals surface area contributed by atoms with Crippen LogP contribution in [0.3, 0.4) is 0 Å². The maximum absolute atomic E-state index is 13.8. The summed E-state index contributed by atoms with van der Waals surface area (Å²) in [6.45, 7) is 11.0. The van der Waals surface area contributed by atoms with Gasteiger partial charge in [0, 0.05) is 18.6 Å². The third kappa shape index (κ3) is 2.43. The lowest BCUT2D eigenvalue weighted by Crippen LogP contribution is -2.39. The molecule has 78 valence electrons. The molecule has 0 aromatic carbocycles. The number of nitrogens with zero attached hydrogens (tertiary/aromatic N) is 1. The fraction of sp³-hybridized carbons (Fsp3) is 1.00. The number of alkyl halides is 1. The molecule has 1 aliphatic heterocycles. The van der Waals surface area contributed by atoms with E-state index in [4.69, 9.17) is 0 Å². The first-order valence-electron chi connectivity index (χ1n) is 5.28. The van der Waals surface area contributed by atoms with Crippen molar-refractivity contribution in [2.45, 2.75) is 58.8 Å². The lowest BCUT2D eigenvalue weighted by Gasteiger charge is -2.30. The van der Waals surface area contributed by atoms with Crippen LogP contribution < -0.4 is 0 Å². The molecular formula is C11H22FN. The van der Waals surface area contributed by atoms with Gasteiger partial charge in [-0.15, -0.1) is 0 Å². The number of rotatable bonds is 2. The fourth-order valence-electron chi connectivity index (χ4n) is 2.30. The molecule has 1 nitrogen and oxygen atoms in total. The Hall–Kier alpha value is -0.110. The highest BCUT2D eigenvalue weighted by Gasteiger charge is 2.42. The van der Waals surface area contributed by atoms with Crippen molar-refractivity contribution in [3.8, 4) is 0 Å². The maximum atomic E-state index is 13.8. The van der Waals surface area contributed by atoms with E-state index in [-0.39, 0.29) is 0 Å². The molecule has 0 saturated carbocycles. The summed E-state index contributed by atoms with van der Waals surface area (Å²) in [6.07, 6.45) is 0.697. The SMILES string of the molecule is CC(C)C1CC(C)(F)CN1C(C)C. The highest BCUT2D eigenvalue weighted by molar-refractivity contribution is 4.96. The molecule has 2 heteroatoms. The Bertz CT molecular complexity index is 157. The molecule has 0 amide bonds. The Kier molecular flexibility index (Phi) is 3.01. The van der Waals surface area contributed by atoms with Gasteiger partial charge in [-0.2, -0.15) is 0 Å². The number of hydrogen-bond acceptors (Lipinski definition) is 1. The zero-order valence-electron chi connectivity index (χ0n) is 9.47. The third-order valence-corrected chi connectivity index (χ3v) is 3.01. The Morgan fingerprint density at radius 2 is 1.85 bits per heavy atom. The number of halogens is 1. The molecule has 0 radical (unpaired) electrons. The van der Waals surface area contributed by atoms with Gasteiger partial charge in [-0.25, -0.2) is 4.39 Å². The van der Waals surface area contributed by atoms with E-state index in [0.717, 1.165) is 0 Å². The van der Waals surface area contributed by atoms with E-state index in [1.165, 1.54) is 0 Å². The smallest absolute Gasteiger partial charge is 0.122 e. The average molecular weight is 187 g/mol. The minimum atomic E-state index is -0.973. The van der Waals surface area contributed by atoms with Gasteiger partial charge in [0.2, 0.25) is 0 Å². The number of likely N-dealkylation sites (tertiary alicyclic amines) is 1. The van der Waals surface area contributed by atoms with Crippen molar-refractivity contribution < 1.29 is 4.39 Å². The van der Waals surface area contributed by atoms with Gasteiger partial charge in [-0.1, -0.05) is 13.8 Å². The van der Waals surface area contributed by atoms with Crippen LogP contribution in [0.4, 0.5) is 4.39 Å². The van der Waals surface area contributed by atoms with Crippen LogP contribution in [0.15, 0.2) is 0 Å². The molecule has 1 fully saturated rings. The molecule has 0 aromatic rings. The highest BCUT2D eigenvalue weighted by Crippen LogP contribution is 2.34. The van der Waals surface area contributed by atoms with Gasteiger partial charge in [0.15, 0.2) is 0 Å². The van der Waals surface area contributed by atoms with Crippen LogP contribution in [0.2, 0.25) is 0 Å². The van der Waals surface area contributed by atoms with Gasteiger partial charge in [0.05, 0.1) is 0 Å². The second-order valence-electron chi connectivity index (χ2n) is 5.19. The van der Waals surface area contributed by atoms with Gasteiger partial charge in [-0.3, -0.25) is 4.90 Å². The van der Waals surface area contributed by atoms with E-state index in [0.29, 0.717) is 31.0 Å². The van der Waals surface area contributed by atoms with Crippen molar-refractivity contribution in [3.05, 3.63) is 0 Å². The second-order valence-corrected chi connectivity index (χ2v) is 5.19. The van der Waals surface area contributed by atoms with Gasteiger partial charge >= 0.3 is 0 Å². The monoisotopic (exact) mass is 187 g/mol. The Morgan fingerprint density at radius 1 is 1.31 bits per heavy atom. The Balaban J connectivity index is 2.71. The molecular weight excluding hydrogens is 165 g/mol. The summed E-state index contributed by atoms with van der Waals surface area (Å²) in [4.78, 5) is 2.30. The molecule has 0 aliphatic carbocycles. The zero-order valence-corrected chi connectivity index (χ0v) is 9.47. The quantitative estimate of drug-likeness (QED) is 0.642. The highest BCUT2D eigenvalue weighted by atomic mass is 19.1.